The minimum Gasteiger partial charge on any atom is -0.481 e. The van der Waals surface area contributed by atoms with Gasteiger partial charge in [-0.25, -0.2) is 8.42 Å². The van der Waals surface area contributed by atoms with Gasteiger partial charge in [0, 0.05) is 31.8 Å². The molecule has 1 aromatic carbocycles. The summed E-state index contributed by atoms with van der Waals surface area (Å²) in [5.74, 6) is -2.76. The molecule has 1 aromatic heterocycles. The Morgan fingerprint density at radius 1 is 1.24 bits per heavy atom. The highest BCUT2D eigenvalue weighted by molar-refractivity contribution is 7.91. The van der Waals surface area contributed by atoms with E-state index < -0.39 is 57.5 Å². The molecule has 3 atom stereocenters. The van der Waals surface area contributed by atoms with E-state index in [2.05, 4.69) is 5.32 Å². The molecule has 13 nitrogen and oxygen atoms in total. The van der Waals surface area contributed by atoms with Crippen molar-refractivity contribution in [1.29, 1.82) is 0 Å². The molecule has 4 rings (SSSR count). The lowest BCUT2D eigenvalue weighted by Crippen LogP contribution is -2.55. The summed E-state index contributed by atoms with van der Waals surface area (Å²) >= 11 is 0.958. The summed E-state index contributed by atoms with van der Waals surface area (Å²) in [7, 11) is -4.17. The number of rotatable bonds is 9. The van der Waals surface area contributed by atoms with Crippen molar-refractivity contribution in [3.63, 3.8) is 0 Å². The molecule has 0 radical (unpaired) electrons. The van der Waals surface area contributed by atoms with Crippen LogP contribution in [0.5, 0.6) is 0 Å². The zero-order valence-corrected chi connectivity index (χ0v) is 21.0. The number of aliphatic carboxylic acids is 1. The fourth-order valence-electron chi connectivity index (χ4n) is 4.37. The van der Waals surface area contributed by atoms with Crippen molar-refractivity contribution >= 4 is 44.8 Å². The van der Waals surface area contributed by atoms with Crippen LogP contribution in [0.3, 0.4) is 0 Å². The van der Waals surface area contributed by atoms with E-state index in [0.29, 0.717) is 19.4 Å². The van der Waals surface area contributed by atoms with Crippen LogP contribution in [0, 0.1) is 10.1 Å². The van der Waals surface area contributed by atoms with Crippen LogP contribution in [0.25, 0.3) is 0 Å². The van der Waals surface area contributed by atoms with Gasteiger partial charge in [-0.05, 0) is 29.9 Å². The first-order chi connectivity index (χ1) is 17.6. The predicted octanol–water partition coefficient (Wildman–Crippen LogP) is 1.33. The number of ether oxygens (including phenoxy) is 1. The van der Waals surface area contributed by atoms with Crippen LogP contribution in [0.4, 0.5) is 5.69 Å². The number of non-ortho nitro benzene ring substituents is 1. The molecule has 2 saturated heterocycles. The SMILES string of the molecule is O=C(O)CC(NC(=O)C1N(C(=O)C2CCCO2)CCN1S(=O)(=O)c1cccs1)c1cccc([N+](=O)[O-])c1. The summed E-state index contributed by atoms with van der Waals surface area (Å²) in [6.45, 7) is 0.144. The van der Waals surface area contributed by atoms with Crippen LogP contribution in [0.15, 0.2) is 46.0 Å². The number of carboxylic acids is 1. The van der Waals surface area contributed by atoms with E-state index in [4.69, 9.17) is 4.74 Å². The fourth-order valence-corrected chi connectivity index (χ4v) is 7.04. The highest BCUT2D eigenvalue weighted by Gasteiger charge is 2.49. The molecule has 2 N–H and O–H groups in total. The topological polar surface area (TPSA) is 176 Å². The Morgan fingerprint density at radius 2 is 2.03 bits per heavy atom. The largest absolute Gasteiger partial charge is 0.481 e. The van der Waals surface area contributed by atoms with Gasteiger partial charge in [0.1, 0.15) is 10.3 Å². The summed E-state index contributed by atoms with van der Waals surface area (Å²) in [5.41, 5.74) is -0.160. The number of hydrogen-bond acceptors (Lipinski definition) is 9. The van der Waals surface area contributed by atoms with Gasteiger partial charge >= 0.3 is 5.97 Å². The number of hydrogen-bond donors (Lipinski definition) is 2. The molecule has 0 saturated carbocycles. The van der Waals surface area contributed by atoms with E-state index >= 15 is 0 Å². The molecule has 0 aliphatic carbocycles. The number of benzene rings is 1. The molecule has 2 aromatic rings. The Kier molecular flexibility index (Phi) is 7.87. The second-order valence-corrected chi connectivity index (χ2v) is 11.5. The highest BCUT2D eigenvalue weighted by Crippen LogP contribution is 2.30. The zero-order chi connectivity index (χ0) is 26.7. The summed E-state index contributed by atoms with van der Waals surface area (Å²) < 4.78 is 33.1. The van der Waals surface area contributed by atoms with Gasteiger partial charge in [-0.15, -0.1) is 11.3 Å². The van der Waals surface area contributed by atoms with Crippen molar-refractivity contribution in [3.8, 4) is 0 Å². The van der Waals surface area contributed by atoms with Crippen LogP contribution >= 0.6 is 11.3 Å². The van der Waals surface area contributed by atoms with Crippen molar-refractivity contribution in [2.45, 2.75) is 41.8 Å². The third-order valence-corrected chi connectivity index (χ3v) is 9.32. The molecule has 0 spiro atoms. The van der Waals surface area contributed by atoms with Gasteiger partial charge in [-0.2, -0.15) is 4.31 Å². The van der Waals surface area contributed by atoms with Gasteiger partial charge in [0.2, 0.25) is 0 Å². The second kappa shape index (κ2) is 10.9. The smallest absolute Gasteiger partial charge is 0.305 e. The number of carbonyl (C=O) groups is 3. The minimum atomic E-state index is -4.17. The first-order valence-electron chi connectivity index (χ1n) is 11.3. The third-order valence-electron chi connectivity index (χ3n) is 6.09. The van der Waals surface area contributed by atoms with Crippen LogP contribution in [-0.2, 0) is 29.1 Å². The summed E-state index contributed by atoms with van der Waals surface area (Å²) in [6.07, 6.45) is -1.97. The quantitative estimate of drug-likeness (QED) is 0.343. The van der Waals surface area contributed by atoms with Crippen LogP contribution < -0.4 is 5.32 Å². The van der Waals surface area contributed by atoms with Crippen molar-refractivity contribution < 1.29 is 37.6 Å². The number of nitro benzene ring substituents is 1. The number of nitrogens with one attached hydrogen (secondary N) is 1. The number of nitro groups is 1. The average Bonchev–Trinajstić information content (AvgIpc) is 3.64. The van der Waals surface area contributed by atoms with E-state index in [1.54, 1.807) is 11.4 Å². The van der Waals surface area contributed by atoms with Gasteiger partial charge < -0.3 is 20.1 Å². The second-order valence-electron chi connectivity index (χ2n) is 8.47. The van der Waals surface area contributed by atoms with E-state index in [9.17, 15) is 38.0 Å². The van der Waals surface area contributed by atoms with Crippen LogP contribution in [0.2, 0.25) is 0 Å². The lowest BCUT2D eigenvalue weighted by atomic mass is 10.0. The lowest BCUT2D eigenvalue weighted by molar-refractivity contribution is -0.384. The van der Waals surface area contributed by atoms with E-state index in [1.807, 2.05) is 0 Å². The van der Waals surface area contributed by atoms with Gasteiger partial charge in [-0.3, -0.25) is 24.5 Å². The fraction of sp³-hybridized carbons (Fsp3) is 0.409. The molecular weight excluding hydrogens is 528 g/mol. The van der Waals surface area contributed by atoms with Gasteiger partial charge in [0.05, 0.1) is 17.4 Å². The normalized spacial score (nSPS) is 21.0. The van der Waals surface area contributed by atoms with Gasteiger partial charge in [0.25, 0.3) is 27.5 Å². The highest BCUT2D eigenvalue weighted by atomic mass is 32.2. The lowest BCUT2D eigenvalue weighted by Gasteiger charge is -2.31. The maximum absolute atomic E-state index is 13.6. The van der Waals surface area contributed by atoms with Crippen molar-refractivity contribution in [1.82, 2.24) is 14.5 Å². The molecular formula is C22H24N4O9S2. The number of nitrogens with zero attached hydrogens (tertiary/aromatic N) is 3. The maximum atomic E-state index is 13.6. The maximum Gasteiger partial charge on any atom is 0.305 e. The van der Waals surface area contributed by atoms with Crippen LogP contribution in [-0.4, -0.2) is 77.4 Å². The number of carboxylic acid groups (broad SMARTS) is 1. The first kappa shape index (κ1) is 26.7. The molecule has 0 bridgehead atoms. The average molecular weight is 553 g/mol. The molecule has 198 valence electrons. The van der Waals surface area contributed by atoms with Gasteiger partial charge in [-0.1, -0.05) is 18.2 Å². The number of carbonyl (C=O) groups excluding carboxylic acids is 2. The molecule has 3 unspecified atom stereocenters. The Hall–Kier alpha value is -3.40. The van der Waals surface area contributed by atoms with Crippen molar-refractivity contribution in [2.75, 3.05) is 19.7 Å². The van der Waals surface area contributed by atoms with Crippen molar-refractivity contribution in [3.05, 3.63) is 57.5 Å². The number of amides is 2. The molecule has 2 aliphatic heterocycles. The third kappa shape index (κ3) is 5.64. The minimum absolute atomic E-state index is 0.0162. The summed E-state index contributed by atoms with van der Waals surface area (Å²) in [4.78, 5) is 50.1. The molecule has 2 amide bonds. The van der Waals surface area contributed by atoms with E-state index in [-0.39, 0.29) is 28.5 Å². The predicted molar refractivity (Wildman–Crippen MR) is 129 cm³/mol. The first-order valence-corrected chi connectivity index (χ1v) is 13.7. The monoisotopic (exact) mass is 552 g/mol. The standard InChI is InChI=1S/C22H24N4O9S2/c27-18(28)13-16(14-4-1-5-15(12-14)26(31)32)23-20(29)21-24(22(30)17-6-2-10-35-17)8-9-25(21)37(33,34)19-7-3-11-36-19/h1,3-5,7,11-12,16-17,21H,2,6,8-10,13H2,(H,23,29)(H,27,28). The molecule has 37 heavy (non-hydrogen) atoms. The Morgan fingerprint density at radius 3 is 2.65 bits per heavy atom. The summed E-state index contributed by atoms with van der Waals surface area (Å²) in [6, 6.07) is 6.83. The molecule has 2 fully saturated rings. The summed E-state index contributed by atoms with van der Waals surface area (Å²) in [5, 5.41) is 24.7. The number of thiophene rings is 1. The Balaban J connectivity index is 1.68. The van der Waals surface area contributed by atoms with Crippen LogP contribution in [0.1, 0.15) is 30.9 Å². The van der Waals surface area contributed by atoms with E-state index in [1.165, 1.54) is 24.3 Å². The van der Waals surface area contributed by atoms with Gasteiger partial charge in [0.15, 0.2) is 6.17 Å². The Bertz CT molecular complexity index is 1290. The molecule has 2 aliphatic rings. The molecule has 3 heterocycles. The zero-order valence-electron chi connectivity index (χ0n) is 19.4. The van der Waals surface area contributed by atoms with Crippen molar-refractivity contribution in [2.24, 2.45) is 0 Å². The number of sulfonamides is 1. The molecule has 15 heteroatoms. The van der Waals surface area contributed by atoms with E-state index in [0.717, 1.165) is 26.6 Å². The Labute approximate surface area is 215 Å².